The Kier molecular flexibility index (Phi) is 5.38. The number of sulfone groups is 1. The van der Waals surface area contributed by atoms with Crippen LogP contribution in [0.3, 0.4) is 0 Å². The van der Waals surface area contributed by atoms with E-state index in [-0.39, 0.29) is 44.1 Å². The fraction of sp³-hybridized carbons (Fsp3) is 0.133. The number of aromatic nitrogens is 1. The molecule has 3 rings (SSSR count). The van der Waals surface area contributed by atoms with E-state index in [1.54, 1.807) is 12.1 Å². The summed E-state index contributed by atoms with van der Waals surface area (Å²) in [5.74, 6) is -0.830. The van der Waals surface area contributed by atoms with Gasteiger partial charge in [0.05, 0.1) is 10.8 Å². The molecule has 1 aliphatic rings. The number of fused-ring (bicyclic) bond motifs is 1. The molecule has 1 unspecified atom stereocenters. The number of benzene rings is 1. The molecule has 2 aromatic rings. The summed E-state index contributed by atoms with van der Waals surface area (Å²) in [4.78, 5) is 3.69. The number of hydrogen-bond acceptors (Lipinski definition) is 5. The van der Waals surface area contributed by atoms with E-state index in [9.17, 15) is 17.7 Å². The van der Waals surface area contributed by atoms with Gasteiger partial charge in [0.15, 0.2) is 15.6 Å². The summed E-state index contributed by atoms with van der Waals surface area (Å²) in [5.41, 5.74) is 0.830. The van der Waals surface area contributed by atoms with Gasteiger partial charge in [-0.2, -0.15) is 0 Å². The molecule has 3 N–H and O–H groups in total. The van der Waals surface area contributed by atoms with E-state index in [1.165, 1.54) is 18.3 Å². The maximum atomic E-state index is 12.7. The van der Waals surface area contributed by atoms with Gasteiger partial charge in [0, 0.05) is 28.9 Å². The third-order valence-electron chi connectivity index (χ3n) is 3.79. The maximum Gasteiger partial charge on any atom is 0.232 e. The molecule has 7 nitrogen and oxygen atoms in total. The van der Waals surface area contributed by atoms with E-state index in [4.69, 9.17) is 27.8 Å². The molecule has 0 bridgehead atoms. The summed E-state index contributed by atoms with van der Waals surface area (Å²) < 4.78 is 47.4. The largest absolute Gasteiger partial charge is 0.504 e. The van der Waals surface area contributed by atoms with Crippen LogP contribution in [0.4, 0.5) is 0 Å². The Labute approximate surface area is 162 Å². The molecule has 0 spiro atoms. The van der Waals surface area contributed by atoms with Gasteiger partial charge in [0.25, 0.3) is 0 Å². The predicted octanol–water partition coefficient (Wildman–Crippen LogP) is 2.93. The number of pyridine rings is 1. The van der Waals surface area contributed by atoms with Crippen LogP contribution in [-0.2, 0) is 33.4 Å². The van der Waals surface area contributed by atoms with Crippen LogP contribution in [0.2, 0.25) is 10.0 Å². The van der Waals surface area contributed by atoms with Crippen LogP contribution in [0.25, 0.3) is 10.7 Å². The standard InChI is InChI=1S/C15H12Cl2N2O5S2/c16-11-4-3-9(12(17)10(11)6-19-25(21)22)15-14(20)13-8(2-1-5-18-13)7-26(15,23)24/h1-5,19-20H,6-7H2,(H,21,22). The highest BCUT2D eigenvalue weighted by Crippen LogP contribution is 2.41. The SMILES string of the molecule is O=S(O)NCc1c(Cl)ccc(C2=C(O)c3ncccc3CS2(=O)=O)c1Cl. The molecule has 2 heterocycles. The van der Waals surface area contributed by atoms with Crippen LogP contribution in [-0.4, -0.2) is 27.3 Å². The molecule has 1 aromatic heterocycles. The summed E-state index contributed by atoms with van der Waals surface area (Å²) in [6.45, 7) is -0.169. The van der Waals surface area contributed by atoms with Crippen LogP contribution in [0.1, 0.15) is 22.4 Å². The van der Waals surface area contributed by atoms with E-state index in [2.05, 4.69) is 9.71 Å². The number of halogens is 2. The highest BCUT2D eigenvalue weighted by molar-refractivity contribution is 8.00. The van der Waals surface area contributed by atoms with Gasteiger partial charge >= 0.3 is 0 Å². The molecule has 138 valence electrons. The van der Waals surface area contributed by atoms with Gasteiger partial charge in [0.2, 0.25) is 11.3 Å². The fourth-order valence-electron chi connectivity index (χ4n) is 2.66. The lowest BCUT2D eigenvalue weighted by Crippen LogP contribution is -2.18. The molecule has 1 aromatic carbocycles. The number of aliphatic hydroxyl groups is 1. The van der Waals surface area contributed by atoms with Crippen molar-refractivity contribution < 1.29 is 22.3 Å². The third-order valence-corrected chi connectivity index (χ3v) is 6.69. The van der Waals surface area contributed by atoms with Crippen molar-refractivity contribution in [3.63, 3.8) is 0 Å². The third kappa shape index (κ3) is 3.51. The molecule has 26 heavy (non-hydrogen) atoms. The Morgan fingerprint density at radius 2 is 2.00 bits per heavy atom. The van der Waals surface area contributed by atoms with E-state index in [0.717, 1.165) is 0 Å². The number of rotatable bonds is 4. The zero-order chi connectivity index (χ0) is 19.1. The van der Waals surface area contributed by atoms with Crippen molar-refractivity contribution in [1.29, 1.82) is 0 Å². The normalized spacial score (nSPS) is 17.0. The topological polar surface area (TPSA) is 117 Å². The number of hydrogen-bond donors (Lipinski definition) is 3. The minimum atomic E-state index is -3.89. The molecule has 0 aliphatic carbocycles. The Balaban J connectivity index is 2.22. The molecular formula is C15H12Cl2N2O5S2. The Morgan fingerprint density at radius 3 is 2.69 bits per heavy atom. The minimum absolute atomic E-state index is 0.0417. The first-order chi connectivity index (χ1) is 12.2. The van der Waals surface area contributed by atoms with Gasteiger partial charge in [-0.05, 0) is 17.7 Å². The molecule has 0 fully saturated rings. The maximum absolute atomic E-state index is 12.7. The monoisotopic (exact) mass is 434 g/mol. The smallest absolute Gasteiger partial charge is 0.232 e. The molecule has 0 radical (unpaired) electrons. The van der Waals surface area contributed by atoms with Crippen LogP contribution in [0.5, 0.6) is 0 Å². The van der Waals surface area contributed by atoms with Crippen molar-refractivity contribution in [1.82, 2.24) is 9.71 Å². The minimum Gasteiger partial charge on any atom is -0.504 e. The van der Waals surface area contributed by atoms with Gasteiger partial charge in [-0.25, -0.2) is 17.3 Å². The zero-order valence-electron chi connectivity index (χ0n) is 12.9. The number of nitrogens with one attached hydrogen (secondary N) is 1. The highest BCUT2D eigenvalue weighted by atomic mass is 35.5. The van der Waals surface area contributed by atoms with Crippen molar-refractivity contribution >= 4 is 55.0 Å². The van der Waals surface area contributed by atoms with Crippen LogP contribution in [0.15, 0.2) is 30.5 Å². The van der Waals surface area contributed by atoms with Crippen molar-refractivity contribution in [2.24, 2.45) is 0 Å². The summed E-state index contributed by atoms with van der Waals surface area (Å²) in [7, 11) is -3.89. The molecular weight excluding hydrogens is 423 g/mol. The molecule has 1 atom stereocenters. The van der Waals surface area contributed by atoms with Crippen molar-refractivity contribution in [2.75, 3.05) is 0 Å². The Bertz CT molecular complexity index is 1050. The second-order valence-corrected chi connectivity index (χ2v) is 8.90. The van der Waals surface area contributed by atoms with Gasteiger partial charge in [0.1, 0.15) is 10.6 Å². The summed E-state index contributed by atoms with van der Waals surface area (Å²) in [6, 6.07) is 5.94. The lowest BCUT2D eigenvalue weighted by molar-refractivity contribution is 0.508. The zero-order valence-corrected chi connectivity index (χ0v) is 16.1. The first kappa shape index (κ1) is 19.3. The average molecular weight is 435 g/mol. The Hall–Kier alpha value is -1.49. The van der Waals surface area contributed by atoms with Crippen molar-refractivity contribution in [2.45, 2.75) is 12.3 Å². The molecule has 11 heteroatoms. The summed E-state index contributed by atoms with van der Waals surface area (Å²) in [6.07, 6.45) is 1.44. The van der Waals surface area contributed by atoms with Gasteiger partial charge in [-0.15, -0.1) is 0 Å². The summed E-state index contributed by atoms with van der Waals surface area (Å²) in [5, 5.41) is 10.7. The first-order valence-corrected chi connectivity index (χ1v) is 10.7. The second-order valence-electron chi connectivity index (χ2n) is 5.41. The van der Waals surface area contributed by atoms with E-state index < -0.39 is 26.9 Å². The van der Waals surface area contributed by atoms with Gasteiger partial charge < -0.3 is 5.11 Å². The van der Waals surface area contributed by atoms with Crippen LogP contribution < -0.4 is 4.72 Å². The number of aliphatic hydroxyl groups excluding tert-OH is 1. The van der Waals surface area contributed by atoms with Gasteiger partial charge in [-0.3, -0.25) is 9.54 Å². The number of nitrogens with zero attached hydrogens (tertiary/aromatic N) is 1. The first-order valence-electron chi connectivity index (χ1n) is 7.14. The van der Waals surface area contributed by atoms with Crippen molar-refractivity contribution in [3.8, 4) is 0 Å². The van der Waals surface area contributed by atoms with Crippen molar-refractivity contribution in [3.05, 3.63) is 62.9 Å². The second kappa shape index (κ2) is 7.26. The highest BCUT2D eigenvalue weighted by Gasteiger charge is 2.34. The quantitative estimate of drug-likeness (QED) is 0.636. The fourth-order valence-corrected chi connectivity index (χ4v) is 5.27. The average Bonchev–Trinajstić information content (AvgIpc) is 2.55. The Morgan fingerprint density at radius 1 is 1.27 bits per heavy atom. The van der Waals surface area contributed by atoms with Crippen LogP contribution in [0, 0.1) is 0 Å². The predicted molar refractivity (Wildman–Crippen MR) is 100 cm³/mol. The van der Waals surface area contributed by atoms with Gasteiger partial charge in [-0.1, -0.05) is 35.3 Å². The molecule has 0 amide bonds. The van der Waals surface area contributed by atoms with Crippen LogP contribution >= 0.6 is 23.2 Å². The lowest BCUT2D eigenvalue weighted by Gasteiger charge is -2.21. The molecule has 0 saturated carbocycles. The lowest BCUT2D eigenvalue weighted by atomic mass is 10.1. The van der Waals surface area contributed by atoms with E-state index in [0.29, 0.717) is 5.56 Å². The van der Waals surface area contributed by atoms with E-state index in [1.807, 2.05) is 0 Å². The molecule has 1 aliphatic heterocycles. The molecule has 0 saturated heterocycles. The van der Waals surface area contributed by atoms with E-state index >= 15 is 0 Å². The summed E-state index contributed by atoms with van der Waals surface area (Å²) >= 11 is 10.1.